The highest BCUT2D eigenvalue weighted by Gasteiger charge is 2.27. The second kappa shape index (κ2) is 10.1. The molecule has 3 rings (SSSR count). The fourth-order valence-electron chi connectivity index (χ4n) is 3.84. The number of benzene rings is 1. The minimum Gasteiger partial charge on any atom is -0.336 e. The first-order valence-electron chi connectivity index (χ1n) is 10.3. The molecule has 1 aliphatic heterocycles. The van der Waals surface area contributed by atoms with Gasteiger partial charge in [0.2, 0.25) is 15.9 Å². The Hall–Kier alpha value is -2.32. The van der Waals surface area contributed by atoms with Crippen LogP contribution in [-0.2, 0) is 14.8 Å². The second-order valence-corrected chi connectivity index (χ2v) is 9.66. The number of halogens is 1. The summed E-state index contributed by atoms with van der Waals surface area (Å²) in [5.74, 6) is -0.435. The van der Waals surface area contributed by atoms with E-state index in [4.69, 9.17) is 0 Å². The van der Waals surface area contributed by atoms with Gasteiger partial charge in [0.05, 0.1) is 10.9 Å². The van der Waals surface area contributed by atoms with Crippen molar-refractivity contribution in [1.29, 1.82) is 0 Å². The molecule has 8 heteroatoms. The predicted octanol–water partition coefficient (Wildman–Crippen LogP) is 3.77. The summed E-state index contributed by atoms with van der Waals surface area (Å²) in [5, 5.41) is 0. The van der Waals surface area contributed by atoms with E-state index in [1.54, 1.807) is 12.4 Å². The van der Waals surface area contributed by atoms with Crippen LogP contribution in [0.25, 0.3) is 0 Å². The van der Waals surface area contributed by atoms with E-state index in [0.29, 0.717) is 6.42 Å². The lowest BCUT2D eigenvalue weighted by Gasteiger charge is -2.30. The number of rotatable bonds is 7. The van der Waals surface area contributed by atoms with Crippen molar-refractivity contribution in [1.82, 2.24) is 14.2 Å². The molecule has 1 atom stereocenters. The summed E-state index contributed by atoms with van der Waals surface area (Å²) in [6.07, 6.45) is 8.29. The Balaban J connectivity index is 1.60. The molecule has 0 spiro atoms. The van der Waals surface area contributed by atoms with Crippen LogP contribution in [0.4, 0.5) is 4.39 Å². The van der Waals surface area contributed by atoms with Crippen LogP contribution >= 0.6 is 0 Å². The van der Waals surface area contributed by atoms with Crippen molar-refractivity contribution in [2.75, 3.05) is 20.1 Å². The first kappa shape index (κ1) is 22.4. The van der Waals surface area contributed by atoms with E-state index < -0.39 is 15.8 Å². The first-order valence-corrected chi connectivity index (χ1v) is 11.7. The van der Waals surface area contributed by atoms with Gasteiger partial charge in [-0.15, -0.1) is 0 Å². The molecule has 1 fully saturated rings. The van der Waals surface area contributed by atoms with Gasteiger partial charge in [-0.1, -0.05) is 12.8 Å². The molecule has 162 valence electrons. The van der Waals surface area contributed by atoms with Crippen LogP contribution in [0.3, 0.4) is 0 Å². The van der Waals surface area contributed by atoms with E-state index in [0.717, 1.165) is 49.9 Å². The van der Waals surface area contributed by atoms with Crippen LogP contribution in [0.1, 0.15) is 50.1 Å². The zero-order valence-corrected chi connectivity index (χ0v) is 18.0. The number of sulfonamides is 1. The Labute approximate surface area is 177 Å². The SMILES string of the molecule is CN(CCCC(=O)N1CCCCC[C@@H]1c1ccncc1)S(=O)(=O)c1ccc(F)cc1. The molecule has 1 saturated heterocycles. The second-order valence-electron chi connectivity index (χ2n) is 7.62. The van der Waals surface area contributed by atoms with Crippen molar-refractivity contribution < 1.29 is 17.6 Å². The van der Waals surface area contributed by atoms with E-state index in [1.165, 1.54) is 23.5 Å². The van der Waals surface area contributed by atoms with Crippen molar-refractivity contribution in [3.05, 3.63) is 60.2 Å². The Morgan fingerprint density at radius 1 is 1.13 bits per heavy atom. The standard InChI is InChI=1S/C22H28FN3O3S/c1-25(30(28,29)20-10-8-19(23)9-11-20)16-5-7-22(27)26-17-4-2-3-6-21(26)18-12-14-24-15-13-18/h8-15,21H,2-7,16-17H2,1H3/t21-/m1/s1. The molecular formula is C22H28FN3O3S. The van der Waals surface area contributed by atoms with E-state index in [1.807, 2.05) is 17.0 Å². The number of carbonyl (C=O) groups is 1. The summed E-state index contributed by atoms with van der Waals surface area (Å²) in [6, 6.07) is 8.72. The third kappa shape index (κ3) is 5.43. The largest absolute Gasteiger partial charge is 0.336 e. The van der Waals surface area contributed by atoms with E-state index in [9.17, 15) is 17.6 Å². The lowest BCUT2D eigenvalue weighted by atomic mass is 10.0. The van der Waals surface area contributed by atoms with Crippen LogP contribution in [0.15, 0.2) is 53.7 Å². The third-order valence-electron chi connectivity index (χ3n) is 5.55. The number of hydrogen-bond donors (Lipinski definition) is 0. The van der Waals surface area contributed by atoms with Gasteiger partial charge in [0, 0.05) is 39.0 Å². The fourth-order valence-corrected chi connectivity index (χ4v) is 5.05. The molecule has 0 radical (unpaired) electrons. The van der Waals surface area contributed by atoms with Crippen LogP contribution < -0.4 is 0 Å². The lowest BCUT2D eigenvalue weighted by molar-refractivity contribution is -0.133. The molecule has 1 aliphatic rings. The average Bonchev–Trinajstić information content (AvgIpc) is 3.00. The number of hydrogen-bond acceptors (Lipinski definition) is 4. The highest BCUT2D eigenvalue weighted by molar-refractivity contribution is 7.89. The van der Waals surface area contributed by atoms with Crippen LogP contribution in [0.2, 0.25) is 0 Å². The molecule has 2 heterocycles. The summed E-state index contributed by atoms with van der Waals surface area (Å²) in [4.78, 5) is 19.0. The van der Waals surface area contributed by atoms with Crippen molar-refractivity contribution in [2.45, 2.75) is 49.5 Å². The number of aromatic nitrogens is 1. The zero-order valence-electron chi connectivity index (χ0n) is 17.2. The molecular weight excluding hydrogens is 405 g/mol. The first-order chi connectivity index (χ1) is 14.4. The van der Waals surface area contributed by atoms with Gasteiger partial charge in [-0.2, -0.15) is 0 Å². The van der Waals surface area contributed by atoms with Gasteiger partial charge in [-0.3, -0.25) is 9.78 Å². The van der Waals surface area contributed by atoms with Crippen molar-refractivity contribution in [3.8, 4) is 0 Å². The molecule has 1 aromatic carbocycles. The molecule has 0 unspecified atom stereocenters. The zero-order chi connectivity index (χ0) is 21.6. The molecule has 0 aliphatic carbocycles. The van der Waals surface area contributed by atoms with Gasteiger partial charge in [0.25, 0.3) is 0 Å². The Morgan fingerprint density at radius 3 is 2.53 bits per heavy atom. The predicted molar refractivity (Wildman–Crippen MR) is 113 cm³/mol. The molecule has 30 heavy (non-hydrogen) atoms. The molecule has 0 bridgehead atoms. The number of nitrogens with zero attached hydrogens (tertiary/aromatic N) is 3. The van der Waals surface area contributed by atoms with Gasteiger partial charge in [-0.05, 0) is 61.2 Å². The van der Waals surface area contributed by atoms with Crippen LogP contribution in [-0.4, -0.2) is 48.7 Å². The summed E-state index contributed by atoms with van der Waals surface area (Å²) >= 11 is 0. The molecule has 6 nitrogen and oxygen atoms in total. The number of pyridine rings is 1. The molecule has 1 amide bonds. The van der Waals surface area contributed by atoms with Crippen molar-refractivity contribution in [2.24, 2.45) is 0 Å². The minimum absolute atomic E-state index is 0.0444. The van der Waals surface area contributed by atoms with Crippen LogP contribution in [0.5, 0.6) is 0 Å². The van der Waals surface area contributed by atoms with E-state index in [-0.39, 0.29) is 29.8 Å². The minimum atomic E-state index is -3.70. The quantitative estimate of drug-likeness (QED) is 0.667. The summed E-state index contributed by atoms with van der Waals surface area (Å²) in [6.45, 7) is 0.939. The van der Waals surface area contributed by atoms with Gasteiger partial charge in [0.1, 0.15) is 5.82 Å². The maximum Gasteiger partial charge on any atom is 0.242 e. The maximum absolute atomic E-state index is 13.1. The fraction of sp³-hybridized carbons (Fsp3) is 0.455. The summed E-state index contributed by atoms with van der Waals surface area (Å²) < 4.78 is 39.5. The summed E-state index contributed by atoms with van der Waals surface area (Å²) in [7, 11) is -2.22. The van der Waals surface area contributed by atoms with Gasteiger partial charge < -0.3 is 4.90 Å². The van der Waals surface area contributed by atoms with Crippen molar-refractivity contribution in [3.63, 3.8) is 0 Å². The van der Waals surface area contributed by atoms with Crippen LogP contribution in [0, 0.1) is 5.82 Å². The van der Waals surface area contributed by atoms with Gasteiger partial charge in [-0.25, -0.2) is 17.1 Å². The molecule has 0 N–H and O–H groups in total. The Morgan fingerprint density at radius 2 is 1.83 bits per heavy atom. The lowest BCUT2D eigenvalue weighted by Crippen LogP contribution is -2.35. The smallest absolute Gasteiger partial charge is 0.242 e. The average molecular weight is 434 g/mol. The number of likely N-dealkylation sites (tertiary alicyclic amines) is 1. The number of carbonyl (C=O) groups excluding carboxylic acids is 1. The Kier molecular flexibility index (Phi) is 7.55. The van der Waals surface area contributed by atoms with E-state index >= 15 is 0 Å². The maximum atomic E-state index is 13.1. The molecule has 0 saturated carbocycles. The number of amides is 1. The third-order valence-corrected chi connectivity index (χ3v) is 7.42. The Bertz CT molecular complexity index is 936. The topological polar surface area (TPSA) is 70.6 Å². The summed E-state index contributed by atoms with van der Waals surface area (Å²) in [5.41, 5.74) is 1.09. The normalized spacial score (nSPS) is 17.7. The highest BCUT2D eigenvalue weighted by atomic mass is 32.2. The van der Waals surface area contributed by atoms with Gasteiger partial charge in [0.15, 0.2) is 0 Å². The molecule has 1 aromatic heterocycles. The highest BCUT2D eigenvalue weighted by Crippen LogP contribution is 2.30. The van der Waals surface area contributed by atoms with E-state index in [2.05, 4.69) is 4.98 Å². The monoisotopic (exact) mass is 433 g/mol. The molecule has 2 aromatic rings. The van der Waals surface area contributed by atoms with Gasteiger partial charge >= 0.3 is 0 Å². The van der Waals surface area contributed by atoms with Crippen molar-refractivity contribution >= 4 is 15.9 Å².